The summed E-state index contributed by atoms with van der Waals surface area (Å²) < 4.78 is 4.53. The number of para-hydroxylation sites is 1. The fraction of sp³-hybridized carbons (Fsp3) is 0.333. The summed E-state index contributed by atoms with van der Waals surface area (Å²) in [5.74, 6) is -1.51. The maximum Gasteiger partial charge on any atom is 0.328 e. The Bertz CT molecular complexity index is 516. The molecule has 0 aliphatic carbocycles. The third-order valence-corrected chi connectivity index (χ3v) is 2.58. The van der Waals surface area contributed by atoms with Gasteiger partial charge in [-0.2, -0.15) is 0 Å². The standard InChI is InChI=1S/C12H14N2O6/c1-20-12(17)9(13-11(16)7-15)6-8-4-2-3-5-10(8)14(18)19/h2-5,9,15H,6-7H2,1H3,(H,13,16)/t9-/m1/s1. The number of benzene rings is 1. The number of amides is 1. The molecule has 1 aromatic carbocycles. The number of nitro benzene ring substituents is 1. The van der Waals surface area contributed by atoms with E-state index in [0.29, 0.717) is 0 Å². The normalized spacial score (nSPS) is 11.5. The predicted octanol–water partition coefficient (Wildman–Crippen LogP) is -0.213. The molecule has 0 bridgehead atoms. The third kappa shape index (κ3) is 4.02. The van der Waals surface area contributed by atoms with Gasteiger partial charge >= 0.3 is 5.97 Å². The van der Waals surface area contributed by atoms with Crippen LogP contribution in [-0.2, 0) is 20.7 Å². The van der Waals surface area contributed by atoms with Gasteiger partial charge in [0.2, 0.25) is 5.91 Å². The van der Waals surface area contributed by atoms with Crippen LogP contribution in [0.15, 0.2) is 24.3 Å². The van der Waals surface area contributed by atoms with Gasteiger partial charge in [0.25, 0.3) is 5.69 Å². The summed E-state index contributed by atoms with van der Waals surface area (Å²) in [7, 11) is 1.14. The number of hydrogen-bond donors (Lipinski definition) is 2. The summed E-state index contributed by atoms with van der Waals surface area (Å²) >= 11 is 0. The van der Waals surface area contributed by atoms with Gasteiger partial charge in [-0.05, 0) is 0 Å². The van der Waals surface area contributed by atoms with E-state index in [4.69, 9.17) is 5.11 Å². The molecule has 20 heavy (non-hydrogen) atoms. The molecule has 0 aliphatic heterocycles. The smallest absolute Gasteiger partial charge is 0.328 e. The number of esters is 1. The Morgan fingerprint density at radius 2 is 2.10 bits per heavy atom. The molecule has 1 amide bonds. The Kier molecular flexibility index (Phi) is 5.60. The minimum absolute atomic E-state index is 0.102. The first-order valence-electron chi connectivity index (χ1n) is 5.70. The number of carbonyl (C=O) groups excluding carboxylic acids is 2. The third-order valence-electron chi connectivity index (χ3n) is 2.58. The van der Waals surface area contributed by atoms with Gasteiger partial charge in [-0.3, -0.25) is 14.9 Å². The number of nitrogens with one attached hydrogen (secondary N) is 1. The van der Waals surface area contributed by atoms with Gasteiger partial charge in [0.15, 0.2) is 0 Å². The van der Waals surface area contributed by atoms with Crippen molar-refractivity contribution in [3.63, 3.8) is 0 Å². The summed E-state index contributed by atoms with van der Waals surface area (Å²) in [4.78, 5) is 33.0. The maximum absolute atomic E-state index is 11.6. The first-order valence-corrected chi connectivity index (χ1v) is 5.70. The lowest BCUT2D eigenvalue weighted by Crippen LogP contribution is -2.44. The number of methoxy groups -OCH3 is 1. The topological polar surface area (TPSA) is 119 Å². The molecule has 1 rings (SSSR count). The lowest BCUT2D eigenvalue weighted by atomic mass is 10.0. The van der Waals surface area contributed by atoms with E-state index in [-0.39, 0.29) is 17.7 Å². The van der Waals surface area contributed by atoms with E-state index in [1.807, 2.05) is 0 Å². The lowest BCUT2D eigenvalue weighted by Gasteiger charge is -2.15. The largest absolute Gasteiger partial charge is 0.467 e. The van der Waals surface area contributed by atoms with Crippen LogP contribution in [0.1, 0.15) is 5.56 Å². The molecule has 0 saturated heterocycles. The molecular weight excluding hydrogens is 268 g/mol. The zero-order valence-corrected chi connectivity index (χ0v) is 10.7. The minimum atomic E-state index is -1.10. The van der Waals surface area contributed by atoms with Crippen LogP contribution in [-0.4, -0.2) is 41.7 Å². The first kappa shape index (κ1) is 15.6. The molecular formula is C12H14N2O6. The van der Waals surface area contributed by atoms with Crippen LogP contribution < -0.4 is 5.32 Å². The van der Waals surface area contributed by atoms with Gasteiger partial charge in [0.1, 0.15) is 12.6 Å². The highest BCUT2D eigenvalue weighted by molar-refractivity contribution is 5.85. The molecule has 0 aliphatic rings. The molecule has 0 fully saturated rings. The van der Waals surface area contributed by atoms with E-state index < -0.39 is 29.4 Å². The second kappa shape index (κ2) is 7.19. The molecule has 2 N–H and O–H groups in total. The van der Waals surface area contributed by atoms with E-state index in [1.165, 1.54) is 18.2 Å². The van der Waals surface area contributed by atoms with Crippen molar-refractivity contribution < 1.29 is 24.4 Å². The summed E-state index contributed by atoms with van der Waals surface area (Å²) in [6, 6.07) is 4.78. The highest BCUT2D eigenvalue weighted by Gasteiger charge is 2.25. The zero-order valence-electron chi connectivity index (χ0n) is 10.7. The van der Waals surface area contributed by atoms with Crippen molar-refractivity contribution in [2.75, 3.05) is 13.7 Å². The zero-order chi connectivity index (χ0) is 15.1. The van der Waals surface area contributed by atoms with E-state index in [2.05, 4.69) is 10.1 Å². The number of aliphatic hydroxyl groups excluding tert-OH is 1. The van der Waals surface area contributed by atoms with Crippen molar-refractivity contribution in [2.45, 2.75) is 12.5 Å². The van der Waals surface area contributed by atoms with Gasteiger partial charge in [-0.15, -0.1) is 0 Å². The Balaban J connectivity index is 2.98. The minimum Gasteiger partial charge on any atom is -0.467 e. The monoisotopic (exact) mass is 282 g/mol. The molecule has 0 unspecified atom stereocenters. The second-order valence-electron chi connectivity index (χ2n) is 3.89. The molecule has 8 nitrogen and oxygen atoms in total. The van der Waals surface area contributed by atoms with E-state index in [0.717, 1.165) is 7.11 Å². The summed E-state index contributed by atoms with van der Waals surface area (Å²) in [5, 5.41) is 21.8. The molecule has 0 aromatic heterocycles. The molecule has 0 spiro atoms. The van der Waals surface area contributed by atoms with Crippen molar-refractivity contribution >= 4 is 17.6 Å². The number of ether oxygens (including phenoxy) is 1. The predicted molar refractivity (Wildman–Crippen MR) is 67.8 cm³/mol. The number of hydrogen-bond acceptors (Lipinski definition) is 6. The number of aliphatic hydroxyl groups is 1. The number of nitrogens with zero attached hydrogens (tertiary/aromatic N) is 1. The molecule has 8 heteroatoms. The SMILES string of the molecule is COC(=O)[C@@H](Cc1ccccc1[N+](=O)[O-])NC(=O)CO. The van der Waals surface area contributed by atoms with Crippen molar-refractivity contribution in [2.24, 2.45) is 0 Å². The van der Waals surface area contributed by atoms with Crippen LogP contribution in [0.2, 0.25) is 0 Å². The van der Waals surface area contributed by atoms with Crippen LogP contribution >= 0.6 is 0 Å². The van der Waals surface area contributed by atoms with Crippen molar-refractivity contribution in [1.29, 1.82) is 0 Å². The van der Waals surface area contributed by atoms with Gasteiger partial charge in [0, 0.05) is 18.1 Å². The molecule has 108 valence electrons. The quantitative estimate of drug-likeness (QED) is 0.423. The maximum atomic E-state index is 11.6. The number of rotatable bonds is 6. The Hall–Kier alpha value is -2.48. The van der Waals surface area contributed by atoms with Crippen molar-refractivity contribution in [1.82, 2.24) is 5.32 Å². The van der Waals surface area contributed by atoms with Crippen LogP contribution in [0.25, 0.3) is 0 Å². The van der Waals surface area contributed by atoms with Gasteiger partial charge < -0.3 is 15.2 Å². The van der Waals surface area contributed by atoms with E-state index in [1.54, 1.807) is 6.07 Å². The fourth-order valence-electron chi connectivity index (χ4n) is 1.66. The highest BCUT2D eigenvalue weighted by Crippen LogP contribution is 2.19. The molecule has 1 aromatic rings. The second-order valence-corrected chi connectivity index (χ2v) is 3.89. The van der Waals surface area contributed by atoms with Crippen LogP contribution in [0.3, 0.4) is 0 Å². The fourth-order valence-corrected chi connectivity index (χ4v) is 1.66. The highest BCUT2D eigenvalue weighted by atomic mass is 16.6. The van der Waals surface area contributed by atoms with Gasteiger partial charge in [-0.25, -0.2) is 4.79 Å². The van der Waals surface area contributed by atoms with E-state index >= 15 is 0 Å². The summed E-state index contributed by atoms with van der Waals surface area (Å²) in [5.41, 5.74) is 0.130. The molecule has 1 atom stereocenters. The number of nitro groups is 1. The Morgan fingerprint density at radius 1 is 1.45 bits per heavy atom. The lowest BCUT2D eigenvalue weighted by molar-refractivity contribution is -0.385. The number of carbonyl (C=O) groups is 2. The first-order chi connectivity index (χ1) is 9.49. The average Bonchev–Trinajstić information content (AvgIpc) is 2.45. The van der Waals surface area contributed by atoms with Crippen molar-refractivity contribution in [3.8, 4) is 0 Å². The molecule has 0 radical (unpaired) electrons. The summed E-state index contributed by atoms with van der Waals surface area (Å²) in [6.07, 6.45) is -0.102. The Labute approximate surface area is 114 Å². The molecule has 0 saturated carbocycles. The Morgan fingerprint density at radius 3 is 2.65 bits per heavy atom. The summed E-state index contributed by atoms with van der Waals surface area (Å²) in [6.45, 7) is -0.787. The van der Waals surface area contributed by atoms with Gasteiger partial charge in [-0.1, -0.05) is 18.2 Å². The molecule has 0 heterocycles. The van der Waals surface area contributed by atoms with Crippen LogP contribution in [0.5, 0.6) is 0 Å². The van der Waals surface area contributed by atoms with E-state index in [9.17, 15) is 19.7 Å². The van der Waals surface area contributed by atoms with Crippen LogP contribution in [0.4, 0.5) is 5.69 Å². The average molecular weight is 282 g/mol. The van der Waals surface area contributed by atoms with Crippen LogP contribution in [0, 0.1) is 10.1 Å². The van der Waals surface area contributed by atoms with Crippen molar-refractivity contribution in [3.05, 3.63) is 39.9 Å². The van der Waals surface area contributed by atoms with Gasteiger partial charge in [0.05, 0.1) is 12.0 Å².